The highest BCUT2D eigenvalue weighted by Crippen LogP contribution is 2.35. The van der Waals surface area contributed by atoms with Gasteiger partial charge in [-0.15, -0.1) is 0 Å². The van der Waals surface area contributed by atoms with Crippen LogP contribution in [0.2, 0.25) is 0 Å². The normalized spacial score (nSPS) is 18.7. The number of carbonyl (C=O) groups is 1. The molecule has 1 aromatic carbocycles. The number of amides is 1. The molecule has 1 aliphatic carbocycles. The first-order valence-electron chi connectivity index (χ1n) is 6.81. The maximum absolute atomic E-state index is 12.1. The molecule has 0 aliphatic heterocycles. The first-order chi connectivity index (χ1) is 9.05. The summed E-state index contributed by atoms with van der Waals surface area (Å²) in [5.41, 5.74) is 6.96. The van der Waals surface area contributed by atoms with E-state index in [1.165, 1.54) is 6.42 Å². The lowest BCUT2D eigenvalue weighted by Crippen LogP contribution is -2.57. The van der Waals surface area contributed by atoms with Crippen LogP contribution >= 0.6 is 0 Å². The largest absolute Gasteiger partial charge is 0.353 e. The second-order valence-corrected chi connectivity index (χ2v) is 5.58. The van der Waals surface area contributed by atoms with E-state index in [-0.39, 0.29) is 11.4 Å². The molecule has 1 saturated carbocycles. The Morgan fingerprint density at radius 3 is 2.47 bits per heavy atom. The average Bonchev–Trinajstić information content (AvgIpc) is 2.37. The van der Waals surface area contributed by atoms with Gasteiger partial charge in [-0.25, -0.2) is 0 Å². The number of hydrogen-bond acceptors (Lipinski definition) is 3. The van der Waals surface area contributed by atoms with Gasteiger partial charge in [-0.2, -0.15) is 0 Å². The van der Waals surface area contributed by atoms with E-state index >= 15 is 0 Å². The lowest BCUT2D eigenvalue weighted by Gasteiger charge is -2.47. The Bertz CT molecular complexity index is 426. The molecule has 2 rings (SSSR count). The van der Waals surface area contributed by atoms with Crippen LogP contribution in [0.1, 0.15) is 30.9 Å². The average molecular weight is 261 g/mol. The fourth-order valence-electron chi connectivity index (χ4n) is 2.54. The second-order valence-electron chi connectivity index (χ2n) is 5.58. The second kappa shape index (κ2) is 5.72. The van der Waals surface area contributed by atoms with E-state index in [0.717, 1.165) is 18.4 Å². The van der Waals surface area contributed by atoms with Gasteiger partial charge in [-0.1, -0.05) is 30.3 Å². The zero-order chi connectivity index (χ0) is 13.9. The predicted octanol–water partition coefficient (Wildman–Crippen LogP) is 1.29. The van der Waals surface area contributed by atoms with Gasteiger partial charge in [0.2, 0.25) is 5.91 Å². The number of benzene rings is 1. The molecule has 104 valence electrons. The number of carbonyl (C=O) groups excluding carboxylic acids is 1. The minimum absolute atomic E-state index is 0.0978. The Hall–Kier alpha value is -1.39. The predicted molar refractivity (Wildman–Crippen MR) is 76.6 cm³/mol. The molecule has 4 heteroatoms. The van der Waals surface area contributed by atoms with Crippen LogP contribution in [-0.4, -0.2) is 37.0 Å². The Morgan fingerprint density at radius 1 is 1.37 bits per heavy atom. The molecule has 4 nitrogen and oxygen atoms in total. The van der Waals surface area contributed by atoms with Gasteiger partial charge in [0.25, 0.3) is 0 Å². The number of likely N-dealkylation sites (N-methyl/N-ethyl adjacent to an activating group) is 1. The monoisotopic (exact) mass is 261 g/mol. The first-order valence-corrected chi connectivity index (χ1v) is 6.81. The van der Waals surface area contributed by atoms with Crippen molar-refractivity contribution in [1.82, 2.24) is 10.2 Å². The lowest BCUT2D eigenvalue weighted by atomic mass is 9.75. The minimum atomic E-state index is -0.583. The van der Waals surface area contributed by atoms with Crippen molar-refractivity contribution in [3.05, 3.63) is 35.9 Å². The third-order valence-electron chi connectivity index (χ3n) is 4.27. The lowest BCUT2D eigenvalue weighted by molar-refractivity contribution is -0.123. The van der Waals surface area contributed by atoms with Crippen molar-refractivity contribution < 1.29 is 4.79 Å². The summed E-state index contributed by atoms with van der Waals surface area (Å²) in [4.78, 5) is 14.3. The highest BCUT2D eigenvalue weighted by atomic mass is 16.2. The minimum Gasteiger partial charge on any atom is -0.353 e. The quantitative estimate of drug-likeness (QED) is 0.839. The number of nitrogens with zero attached hydrogens (tertiary/aromatic N) is 1. The maximum atomic E-state index is 12.1. The maximum Gasteiger partial charge on any atom is 0.241 e. The molecular weight excluding hydrogens is 238 g/mol. The van der Waals surface area contributed by atoms with Gasteiger partial charge in [0.05, 0.1) is 0 Å². The molecule has 0 heterocycles. The van der Waals surface area contributed by atoms with Crippen molar-refractivity contribution in [3.63, 3.8) is 0 Å². The SMILES string of the molecule is CN(C)C1(CNC(=O)C(N)c2ccccc2)CCC1. The molecule has 1 fully saturated rings. The molecule has 0 saturated heterocycles. The van der Waals surface area contributed by atoms with Crippen LogP contribution in [-0.2, 0) is 4.79 Å². The van der Waals surface area contributed by atoms with Gasteiger partial charge in [0, 0.05) is 12.1 Å². The molecule has 19 heavy (non-hydrogen) atoms. The summed E-state index contributed by atoms with van der Waals surface area (Å²) in [7, 11) is 4.14. The fraction of sp³-hybridized carbons (Fsp3) is 0.533. The van der Waals surface area contributed by atoms with Crippen LogP contribution in [0, 0.1) is 0 Å². The van der Waals surface area contributed by atoms with E-state index in [0.29, 0.717) is 6.54 Å². The van der Waals surface area contributed by atoms with Crippen LogP contribution in [0.5, 0.6) is 0 Å². The molecule has 0 bridgehead atoms. The van der Waals surface area contributed by atoms with E-state index in [1.807, 2.05) is 30.3 Å². The number of nitrogens with one attached hydrogen (secondary N) is 1. The molecule has 0 spiro atoms. The van der Waals surface area contributed by atoms with Gasteiger partial charge >= 0.3 is 0 Å². The zero-order valence-corrected chi connectivity index (χ0v) is 11.7. The molecule has 1 amide bonds. The summed E-state index contributed by atoms with van der Waals surface area (Å²) >= 11 is 0. The highest BCUT2D eigenvalue weighted by molar-refractivity contribution is 5.83. The van der Waals surface area contributed by atoms with Crippen molar-refractivity contribution in [3.8, 4) is 0 Å². The molecule has 1 aliphatic rings. The number of nitrogens with two attached hydrogens (primary N) is 1. The summed E-state index contributed by atoms with van der Waals surface area (Å²) in [5.74, 6) is -0.0978. The molecule has 1 unspecified atom stereocenters. The van der Waals surface area contributed by atoms with E-state index < -0.39 is 6.04 Å². The highest BCUT2D eigenvalue weighted by Gasteiger charge is 2.39. The van der Waals surface area contributed by atoms with Crippen molar-refractivity contribution in [2.24, 2.45) is 5.73 Å². The smallest absolute Gasteiger partial charge is 0.241 e. The summed E-state index contributed by atoms with van der Waals surface area (Å²) in [6.07, 6.45) is 3.51. The van der Waals surface area contributed by atoms with Crippen molar-refractivity contribution >= 4 is 5.91 Å². The first kappa shape index (κ1) is 14.0. The van der Waals surface area contributed by atoms with Gasteiger partial charge in [0.15, 0.2) is 0 Å². The Morgan fingerprint density at radius 2 is 2.00 bits per heavy atom. The topological polar surface area (TPSA) is 58.4 Å². The third kappa shape index (κ3) is 2.96. The summed E-state index contributed by atoms with van der Waals surface area (Å²) in [6.45, 7) is 0.680. The molecule has 3 N–H and O–H groups in total. The third-order valence-corrected chi connectivity index (χ3v) is 4.27. The van der Waals surface area contributed by atoms with Crippen LogP contribution in [0.15, 0.2) is 30.3 Å². The van der Waals surface area contributed by atoms with Gasteiger partial charge in [-0.3, -0.25) is 4.79 Å². The molecule has 1 atom stereocenters. The zero-order valence-electron chi connectivity index (χ0n) is 11.7. The van der Waals surface area contributed by atoms with Gasteiger partial charge in [-0.05, 0) is 38.9 Å². The van der Waals surface area contributed by atoms with E-state index in [2.05, 4.69) is 24.3 Å². The Labute approximate surface area is 115 Å². The van der Waals surface area contributed by atoms with Crippen molar-refractivity contribution in [2.75, 3.05) is 20.6 Å². The summed E-state index contributed by atoms with van der Waals surface area (Å²) in [5, 5.41) is 3.00. The van der Waals surface area contributed by atoms with Gasteiger partial charge < -0.3 is 16.0 Å². The van der Waals surface area contributed by atoms with Crippen LogP contribution < -0.4 is 11.1 Å². The molecular formula is C15H23N3O. The summed E-state index contributed by atoms with van der Waals surface area (Å²) < 4.78 is 0. The number of hydrogen-bond donors (Lipinski definition) is 2. The molecule has 0 aromatic heterocycles. The Kier molecular flexibility index (Phi) is 4.22. The van der Waals surface area contributed by atoms with Gasteiger partial charge in [0.1, 0.15) is 6.04 Å². The standard InChI is InChI=1S/C15H23N3O/c1-18(2)15(9-6-10-15)11-17-14(19)13(16)12-7-4-3-5-8-12/h3-5,7-8,13H,6,9-11,16H2,1-2H3,(H,17,19). The van der Waals surface area contributed by atoms with Crippen molar-refractivity contribution in [1.29, 1.82) is 0 Å². The summed E-state index contributed by atoms with van der Waals surface area (Å²) in [6, 6.07) is 8.90. The van der Waals surface area contributed by atoms with E-state index in [1.54, 1.807) is 0 Å². The van der Waals surface area contributed by atoms with Crippen molar-refractivity contribution in [2.45, 2.75) is 30.8 Å². The van der Waals surface area contributed by atoms with Crippen LogP contribution in [0.3, 0.4) is 0 Å². The van der Waals surface area contributed by atoms with E-state index in [9.17, 15) is 4.79 Å². The van der Waals surface area contributed by atoms with E-state index in [4.69, 9.17) is 5.73 Å². The molecule has 1 aromatic rings. The molecule has 0 radical (unpaired) electrons. The fourth-order valence-corrected chi connectivity index (χ4v) is 2.54. The van der Waals surface area contributed by atoms with Crippen LogP contribution in [0.25, 0.3) is 0 Å². The van der Waals surface area contributed by atoms with Crippen LogP contribution in [0.4, 0.5) is 0 Å². The number of rotatable bonds is 5. The Balaban J connectivity index is 1.91.